The summed E-state index contributed by atoms with van der Waals surface area (Å²) in [5, 5.41) is 0. The number of alkyl halides is 3. The number of nitrogens with zero attached hydrogens (tertiary/aromatic N) is 2. The maximum atomic E-state index is 12.0. The molecule has 0 spiro atoms. The van der Waals surface area contributed by atoms with Crippen LogP contribution in [0.1, 0.15) is 12.5 Å². The smallest absolute Gasteiger partial charge is 0.406 e. The van der Waals surface area contributed by atoms with Crippen LogP contribution in [0.25, 0.3) is 0 Å². The van der Waals surface area contributed by atoms with E-state index >= 15 is 0 Å². The van der Waals surface area contributed by atoms with Gasteiger partial charge in [0.05, 0.1) is 6.54 Å². The average molecular weight is 286 g/mol. The zero-order valence-corrected chi connectivity index (χ0v) is 10.7. The lowest BCUT2D eigenvalue weighted by Crippen LogP contribution is -2.23. The Morgan fingerprint density at radius 3 is 2.20 bits per heavy atom. The van der Waals surface area contributed by atoms with Gasteiger partial charge in [0.15, 0.2) is 0 Å². The lowest BCUT2D eigenvalue weighted by Gasteiger charge is -2.09. The Balaban J connectivity index is 2.11. The van der Waals surface area contributed by atoms with Gasteiger partial charge in [0.25, 0.3) is 0 Å². The molecular weight excluding hydrogens is 273 g/mol. The third kappa shape index (κ3) is 3.43. The van der Waals surface area contributed by atoms with Crippen molar-refractivity contribution in [1.29, 1.82) is 0 Å². The minimum atomic E-state index is -4.70. The summed E-state index contributed by atoms with van der Waals surface area (Å²) in [6.45, 7) is 2.73. The summed E-state index contributed by atoms with van der Waals surface area (Å²) in [5.74, 6) is -0.278. The topological polar surface area (TPSA) is 36.2 Å². The predicted molar refractivity (Wildman–Crippen MR) is 66.6 cm³/mol. The summed E-state index contributed by atoms with van der Waals surface area (Å²) in [5.41, 5.74) is 0.568. The standard InChI is InChI=1S/C13H13F3N2O2/c1-2-17-7-8-18(12(17)19)9-10-3-5-11(6-4-10)20-13(14,15)16/h3-8H,2,9H2,1H3. The fourth-order valence-electron chi connectivity index (χ4n) is 1.81. The molecule has 2 aromatic rings. The van der Waals surface area contributed by atoms with Gasteiger partial charge in [-0.2, -0.15) is 0 Å². The Hall–Kier alpha value is -2.18. The maximum absolute atomic E-state index is 12.0. The van der Waals surface area contributed by atoms with Crippen molar-refractivity contribution in [2.75, 3.05) is 0 Å². The molecule has 1 aromatic carbocycles. The average Bonchev–Trinajstić information content (AvgIpc) is 2.71. The number of imidazole rings is 1. The highest BCUT2D eigenvalue weighted by Gasteiger charge is 2.30. The monoisotopic (exact) mass is 286 g/mol. The number of halogens is 3. The number of hydrogen-bond donors (Lipinski definition) is 0. The van der Waals surface area contributed by atoms with Crippen molar-refractivity contribution in [2.24, 2.45) is 0 Å². The highest BCUT2D eigenvalue weighted by Crippen LogP contribution is 2.22. The summed E-state index contributed by atoms with van der Waals surface area (Å²) in [4.78, 5) is 11.8. The molecule has 0 aliphatic carbocycles. The summed E-state index contributed by atoms with van der Waals surface area (Å²) in [6, 6.07) is 5.45. The van der Waals surface area contributed by atoms with Crippen molar-refractivity contribution in [3.63, 3.8) is 0 Å². The molecule has 0 saturated heterocycles. The van der Waals surface area contributed by atoms with Gasteiger partial charge in [0.1, 0.15) is 5.75 Å². The Labute approximate surface area is 113 Å². The first-order valence-corrected chi connectivity index (χ1v) is 5.99. The Bertz CT molecular complexity index is 626. The van der Waals surface area contributed by atoms with Crippen LogP contribution in [0, 0.1) is 0 Å². The van der Waals surface area contributed by atoms with Crippen LogP contribution in [0.3, 0.4) is 0 Å². The molecule has 0 aliphatic rings. The second-order valence-corrected chi connectivity index (χ2v) is 4.19. The molecule has 0 saturated carbocycles. The molecule has 0 aliphatic heterocycles. The summed E-state index contributed by atoms with van der Waals surface area (Å²) < 4.78 is 42.9. The Morgan fingerprint density at radius 1 is 1.10 bits per heavy atom. The lowest BCUT2D eigenvalue weighted by molar-refractivity contribution is -0.274. The maximum Gasteiger partial charge on any atom is 0.573 e. The zero-order chi connectivity index (χ0) is 14.8. The number of ether oxygens (including phenoxy) is 1. The van der Waals surface area contributed by atoms with Gasteiger partial charge in [0, 0.05) is 18.9 Å². The van der Waals surface area contributed by atoms with Gasteiger partial charge in [-0.3, -0.25) is 9.13 Å². The van der Waals surface area contributed by atoms with Crippen LogP contribution in [-0.2, 0) is 13.1 Å². The fraction of sp³-hybridized carbons (Fsp3) is 0.308. The van der Waals surface area contributed by atoms with Crippen LogP contribution in [0.4, 0.5) is 13.2 Å². The van der Waals surface area contributed by atoms with Crippen molar-refractivity contribution in [3.8, 4) is 5.75 Å². The highest BCUT2D eigenvalue weighted by molar-refractivity contribution is 5.27. The molecule has 0 fully saturated rings. The third-order valence-corrected chi connectivity index (χ3v) is 2.77. The summed E-state index contributed by atoms with van der Waals surface area (Å²) in [6.07, 6.45) is -1.38. The quantitative estimate of drug-likeness (QED) is 0.866. The van der Waals surface area contributed by atoms with E-state index in [1.807, 2.05) is 6.92 Å². The van der Waals surface area contributed by atoms with Crippen LogP contribution in [-0.4, -0.2) is 15.5 Å². The van der Waals surface area contributed by atoms with Crippen LogP contribution >= 0.6 is 0 Å². The lowest BCUT2D eigenvalue weighted by atomic mass is 10.2. The van der Waals surface area contributed by atoms with Crippen LogP contribution in [0.5, 0.6) is 5.75 Å². The van der Waals surface area contributed by atoms with Gasteiger partial charge in [-0.05, 0) is 24.6 Å². The summed E-state index contributed by atoms with van der Waals surface area (Å²) >= 11 is 0. The molecule has 0 atom stereocenters. The molecule has 20 heavy (non-hydrogen) atoms. The number of aromatic nitrogens is 2. The first kappa shape index (κ1) is 14.2. The minimum Gasteiger partial charge on any atom is -0.406 e. The van der Waals surface area contributed by atoms with E-state index < -0.39 is 6.36 Å². The molecule has 1 aromatic heterocycles. The molecule has 2 rings (SSSR count). The van der Waals surface area contributed by atoms with Crippen molar-refractivity contribution in [3.05, 3.63) is 52.7 Å². The van der Waals surface area contributed by atoms with Crippen LogP contribution in [0.15, 0.2) is 41.5 Å². The van der Waals surface area contributed by atoms with E-state index in [-0.39, 0.29) is 11.4 Å². The number of aryl methyl sites for hydroxylation is 1. The molecule has 108 valence electrons. The van der Waals surface area contributed by atoms with Crippen LogP contribution in [0.2, 0.25) is 0 Å². The molecule has 7 heteroatoms. The number of benzene rings is 1. The SMILES string of the molecule is CCn1ccn(Cc2ccc(OC(F)(F)F)cc2)c1=O. The predicted octanol–water partition coefficient (Wildman–Crippen LogP) is 2.62. The van der Waals surface area contributed by atoms with E-state index in [0.717, 1.165) is 5.56 Å². The van der Waals surface area contributed by atoms with Crippen LogP contribution < -0.4 is 10.4 Å². The Kier molecular flexibility index (Phi) is 3.87. The van der Waals surface area contributed by atoms with Gasteiger partial charge >= 0.3 is 12.1 Å². The van der Waals surface area contributed by atoms with Crippen molar-refractivity contribution in [2.45, 2.75) is 26.4 Å². The zero-order valence-electron chi connectivity index (χ0n) is 10.7. The van der Waals surface area contributed by atoms with E-state index in [1.54, 1.807) is 17.0 Å². The number of hydrogen-bond acceptors (Lipinski definition) is 2. The highest BCUT2D eigenvalue weighted by atomic mass is 19.4. The molecule has 0 radical (unpaired) electrons. The third-order valence-electron chi connectivity index (χ3n) is 2.77. The fourth-order valence-corrected chi connectivity index (χ4v) is 1.81. The van der Waals surface area contributed by atoms with Gasteiger partial charge < -0.3 is 4.74 Å². The number of rotatable bonds is 4. The first-order chi connectivity index (χ1) is 9.39. The summed E-state index contributed by atoms with van der Waals surface area (Å²) in [7, 11) is 0. The second-order valence-electron chi connectivity index (χ2n) is 4.19. The molecule has 1 heterocycles. The molecule has 0 bridgehead atoms. The van der Waals surface area contributed by atoms with E-state index in [1.165, 1.54) is 28.8 Å². The first-order valence-electron chi connectivity index (χ1n) is 5.99. The molecule has 0 amide bonds. The van der Waals surface area contributed by atoms with Crippen molar-refractivity contribution >= 4 is 0 Å². The van der Waals surface area contributed by atoms with E-state index in [2.05, 4.69) is 4.74 Å². The minimum absolute atomic E-state index is 0.150. The van der Waals surface area contributed by atoms with Gasteiger partial charge in [-0.25, -0.2) is 4.79 Å². The molecular formula is C13H13F3N2O2. The van der Waals surface area contributed by atoms with E-state index in [4.69, 9.17) is 0 Å². The van der Waals surface area contributed by atoms with Gasteiger partial charge in [-0.1, -0.05) is 12.1 Å². The molecule has 0 N–H and O–H groups in total. The van der Waals surface area contributed by atoms with Crippen molar-refractivity contribution in [1.82, 2.24) is 9.13 Å². The van der Waals surface area contributed by atoms with E-state index in [0.29, 0.717) is 13.1 Å². The second kappa shape index (κ2) is 5.44. The van der Waals surface area contributed by atoms with Gasteiger partial charge in [0.2, 0.25) is 0 Å². The normalized spacial score (nSPS) is 11.6. The molecule has 4 nitrogen and oxygen atoms in total. The molecule has 0 unspecified atom stereocenters. The largest absolute Gasteiger partial charge is 0.573 e. The van der Waals surface area contributed by atoms with Crippen molar-refractivity contribution < 1.29 is 17.9 Å². The Morgan fingerprint density at radius 2 is 1.70 bits per heavy atom. The van der Waals surface area contributed by atoms with E-state index in [9.17, 15) is 18.0 Å². The van der Waals surface area contributed by atoms with Gasteiger partial charge in [-0.15, -0.1) is 13.2 Å².